The average molecular weight is 289 g/mol. The maximum absolute atomic E-state index is 11.6. The topological polar surface area (TPSA) is 55.1 Å². The number of halogens is 1. The quantitative estimate of drug-likeness (QED) is 0.845. The van der Waals surface area contributed by atoms with Crippen molar-refractivity contribution in [3.05, 3.63) is 35.9 Å². The normalized spacial score (nSPS) is 13.3. The van der Waals surface area contributed by atoms with Crippen molar-refractivity contribution in [3.8, 4) is 0 Å². The maximum Gasteiger partial charge on any atom is 0.221 e. The molecule has 3 nitrogen and oxygen atoms in total. The van der Waals surface area contributed by atoms with Crippen molar-refractivity contribution >= 4 is 30.1 Å². The van der Waals surface area contributed by atoms with Crippen LogP contribution in [-0.4, -0.2) is 24.0 Å². The number of rotatable bonds is 6. The number of nitrogens with one attached hydrogen (secondary N) is 1. The van der Waals surface area contributed by atoms with Gasteiger partial charge >= 0.3 is 0 Å². The highest BCUT2D eigenvalue weighted by Crippen LogP contribution is 2.13. The molecule has 1 rings (SSSR count). The number of nitrogens with two attached hydrogens (primary N) is 1. The number of carbonyl (C=O) groups is 1. The molecule has 0 bridgehead atoms. The van der Waals surface area contributed by atoms with Crippen LogP contribution in [0.1, 0.15) is 24.9 Å². The molecule has 0 saturated heterocycles. The second-order valence-corrected chi connectivity index (χ2v) is 5.35. The number of benzene rings is 1. The monoisotopic (exact) mass is 288 g/mol. The Morgan fingerprint density at radius 2 is 2.00 bits per heavy atom. The Kier molecular flexibility index (Phi) is 8.89. The van der Waals surface area contributed by atoms with Gasteiger partial charge in [0, 0.05) is 24.3 Å². The van der Waals surface area contributed by atoms with Crippen molar-refractivity contribution in [1.29, 1.82) is 0 Å². The van der Waals surface area contributed by atoms with Gasteiger partial charge in [-0.05, 0) is 11.8 Å². The molecule has 0 aliphatic carbocycles. The van der Waals surface area contributed by atoms with E-state index in [1.807, 2.05) is 36.6 Å². The minimum Gasteiger partial charge on any atom is -0.355 e. The molecular weight excluding hydrogens is 268 g/mol. The van der Waals surface area contributed by atoms with Crippen LogP contribution in [0, 0.1) is 0 Å². The Bertz CT molecular complexity index is 348. The molecule has 2 unspecified atom stereocenters. The van der Waals surface area contributed by atoms with Crippen LogP contribution in [-0.2, 0) is 4.79 Å². The lowest BCUT2D eigenvalue weighted by molar-refractivity contribution is -0.121. The SMILES string of the molecule is CSC(C)CNC(=O)CC(N)c1ccccc1.Cl. The molecule has 0 radical (unpaired) electrons. The third-order valence-electron chi connectivity index (χ3n) is 2.62. The highest BCUT2D eigenvalue weighted by atomic mass is 35.5. The predicted molar refractivity (Wildman–Crippen MR) is 81.2 cm³/mol. The zero-order chi connectivity index (χ0) is 12.7. The summed E-state index contributed by atoms with van der Waals surface area (Å²) >= 11 is 1.74. The summed E-state index contributed by atoms with van der Waals surface area (Å²) in [7, 11) is 0. The van der Waals surface area contributed by atoms with Crippen molar-refractivity contribution in [1.82, 2.24) is 5.32 Å². The van der Waals surface area contributed by atoms with E-state index in [1.54, 1.807) is 11.8 Å². The fraction of sp³-hybridized carbons (Fsp3) is 0.462. The number of carbonyl (C=O) groups excluding carboxylic acids is 1. The van der Waals surface area contributed by atoms with Gasteiger partial charge in [0.05, 0.1) is 0 Å². The second-order valence-electron chi connectivity index (χ2n) is 4.07. The van der Waals surface area contributed by atoms with Crippen LogP contribution >= 0.6 is 24.2 Å². The van der Waals surface area contributed by atoms with Gasteiger partial charge in [0.2, 0.25) is 5.91 Å². The minimum absolute atomic E-state index is 0. The van der Waals surface area contributed by atoms with Crippen LogP contribution in [0.15, 0.2) is 30.3 Å². The molecule has 0 aromatic heterocycles. The molecule has 0 fully saturated rings. The zero-order valence-electron chi connectivity index (χ0n) is 10.8. The first kappa shape index (κ1) is 17.3. The Morgan fingerprint density at radius 1 is 1.39 bits per heavy atom. The number of hydrogen-bond donors (Lipinski definition) is 2. The van der Waals surface area contributed by atoms with E-state index in [4.69, 9.17) is 5.73 Å². The van der Waals surface area contributed by atoms with Gasteiger partial charge in [-0.15, -0.1) is 12.4 Å². The van der Waals surface area contributed by atoms with Crippen LogP contribution in [0.4, 0.5) is 0 Å². The smallest absolute Gasteiger partial charge is 0.221 e. The summed E-state index contributed by atoms with van der Waals surface area (Å²) in [5.74, 6) is 0.0160. The molecule has 0 spiro atoms. The fourth-order valence-electron chi connectivity index (χ4n) is 1.43. The summed E-state index contributed by atoms with van der Waals surface area (Å²) in [5.41, 5.74) is 6.97. The van der Waals surface area contributed by atoms with Gasteiger partial charge in [-0.25, -0.2) is 0 Å². The van der Waals surface area contributed by atoms with Crippen LogP contribution in [0.2, 0.25) is 0 Å². The highest BCUT2D eigenvalue weighted by Gasteiger charge is 2.11. The van der Waals surface area contributed by atoms with Gasteiger partial charge in [0.1, 0.15) is 0 Å². The van der Waals surface area contributed by atoms with E-state index >= 15 is 0 Å². The van der Waals surface area contributed by atoms with E-state index in [9.17, 15) is 4.79 Å². The zero-order valence-corrected chi connectivity index (χ0v) is 12.4. The first-order chi connectivity index (χ1) is 8.13. The van der Waals surface area contributed by atoms with Gasteiger partial charge in [-0.1, -0.05) is 37.3 Å². The minimum atomic E-state index is -0.221. The van der Waals surface area contributed by atoms with E-state index in [2.05, 4.69) is 12.2 Å². The molecule has 1 aromatic rings. The van der Waals surface area contributed by atoms with Crippen LogP contribution < -0.4 is 11.1 Å². The summed E-state index contributed by atoms with van der Waals surface area (Å²) in [4.78, 5) is 11.6. The Morgan fingerprint density at radius 3 is 2.56 bits per heavy atom. The lowest BCUT2D eigenvalue weighted by Crippen LogP contribution is -2.31. The van der Waals surface area contributed by atoms with Crippen LogP contribution in [0.5, 0.6) is 0 Å². The first-order valence-electron chi connectivity index (χ1n) is 5.73. The van der Waals surface area contributed by atoms with Crippen LogP contribution in [0.25, 0.3) is 0 Å². The third-order valence-corrected chi connectivity index (χ3v) is 3.59. The van der Waals surface area contributed by atoms with Crippen molar-refractivity contribution < 1.29 is 4.79 Å². The largest absolute Gasteiger partial charge is 0.355 e. The van der Waals surface area contributed by atoms with E-state index in [1.165, 1.54) is 0 Å². The van der Waals surface area contributed by atoms with Crippen molar-refractivity contribution in [3.63, 3.8) is 0 Å². The lowest BCUT2D eigenvalue weighted by Gasteiger charge is -2.13. The molecule has 0 aliphatic rings. The van der Waals surface area contributed by atoms with Crippen molar-refractivity contribution in [2.24, 2.45) is 5.73 Å². The summed E-state index contributed by atoms with van der Waals surface area (Å²) in [6.07, 6.45) is 2.37. The second kappa shape index (κ2) is 9.25. The maximum atomic E-state index is 11.6. The standard InChI is InChI=1S/C13H20N2OS.ClH/c1-10(17-2)9-15-13(16)8-12(14)11-6-4-3-5-7-11;/h3-7,10,12H,8-9,14H2,1-2H3,(H,15,16);1H. The van der Waals surface area contributed by atoms with Gasteiger partial charge in [0.25, 0.3) is 0 Å². The van der Waals surface area contributed by atoms with E-state index < -0.39 is 0 Å². The summed E-state index contributed by atoms with van der Waals surface area (Å²) in [6.45, 7) is 2.78. The van der Waals surface area contributed by atoms with Gasteiger partial charge in [-0.2, -0.15) is 11.8 Å². The molecule has 1 aromatic carbocycles. The highest BCUT2D eigenvalue weighted by molar-refractivity contribution is 7.99. The summed E-state index contributed by atoms with van der Waals surface area (Å²) in [6, 6.07) is 9.48. The van der Waals surface area contributed by atoms with Gasteiger partial charge < -0.3 is 11.1 Å². The van der Waals surface area contributed by atoms with Gasteiger partial charge in [0.15, 0.2) is 0 Å². The fourth-order valence-corrected chi connectivity index (χ4v) is 1.68. The van der Waals surface area contributed by atoms with E-state index in [-0.39, 0.29) is 24.4 Å². The molecule has 102 valence electrons. The third kappa shape index (κ3) is 6.28. The van der Waals surface area contributed by atoms with Crippen molar-refractivity contribution in [2.75, 3.05) is 12.8 Å². The summed E-state index contributed by atoms with van der Waals surface area (Å²) < 4.78 is 0. The Labute approximate surface area is 119 Å². The molecule has 1 amide bonds. The molecule has 0 heterocycles. The number of amides is 1. The van der Waals surface area contributed by atoms with Gasteiger partial charge in [-0.3, -0.25) is 4.79 Å². The molecule has 5 heteroatoms. The molecule has 0 aliphatic heterocycles. The molecular formula is C13H21ClN2OS. The van der Waals surface area contributed by atoms with E-state index in [0.29, 0.717) is 18.2 Å². The van der Waals surface area contributed by atoms with E-state index in [0.717, 1.165) is 5.56 Å². The molecule has 2 atom stereocenters. The molecule has 18 heavy (non-hydrogen) atoms. The first-order valence-corrected chi connectivity index (χ1v) is 7.02. The number of hydrogen-bond acceptors (Lipinski definition) is 3. The number of thioether (sulfide) groups is 1. The Balaban J connectivity index is 0.00000289. The molecule has 3 N–H and O–H groups in total. The van der Waals surface area contributed by atoms with Crippen LogP contribution in [0.3, 0.4) is 0 Å². The lowest BCUT2D eigenvalue weighted by atomic mass is 10.0. The van der Waals surface area contributed by atoms with Crippen molar-refractivity contribution in [2.45, 2.75) is 24.6 Å². The summed E-state index contributed by atoms with van der Waals surface area (Å²) in [5, 5.41) is 3.33. The predicted octanol–water partition coefficient (Wildman–Crippen LogP) is 2.37. The molecule has 0 saturated carbocycles. The average Bonchev–Trinajstić information content (AvgIpc) is 2.36. The Hall–Kier alpha value is -0.710.